The van der Waals surface area contributed by atoms with E-state index >= 15 is 0 Å². The molecule has 0 unspecified atom stereocenters. The summed E-state index contributed by atoms with van der Waals surface area (Å²) in [5.74, 6) is 1.65. The highest BCUT2D eigenvalue weighted by atomic mass is 32.1. The minimum atomic E-state index is 0.322. The van der Waals surface area contributed by atoms with Crippen LogP contribution >= 0.6 is 12.2 Å². The van der Waals surface area contributed by atoms with E-state index in [1.54, 1.807) is 0 Å². The van der Waals surface area contributed by atoms with E-state index < -0.39 is 0 Å². The van der Waals surface area contributed by atoms with Gasteiger partial charge < -0.3 is 14.8 Å². The first-order chi connectivity index (χ1) is 6.83. The molecule has 1 N–H and O–H groups in total. The molecule has 72 valence electrons. The minimum Gasteiger partial charge on any atom is -0.454 e. The van der Waals surface area contributed by atoms with Crippen molar-refractivity contribution in [3.05, 3.63) is 17.7 Å². The lowest BCUT2D eigenvalue weighted by Crippen LogP contribution is -2.16. The second kappa shape index (κ2) is 2.85. The van der Waals surface area contributed by atoms with Crippen LogP contribution in [0.15, 0.2) is 12.1 Å². The van der Waals surface area contributed by atoms with Crippen molar-refractivity contribution in [1.29, 1.82) is 0 Å². The number of ether oxygens (including phenoxy) is 2. The molecule has 3 rings (SSSR count). The lowest BCUT2D eigenvalue weighted by atomic mass is 10.0. The fraction of sp³-hybridized carbons (Fsp3) is 0.300. The molecule has 0 atom stereocenters. The Morgan fingerprint density at radius 2 is 1.93 bits per heavy atom. The summed E-state index contributed by atoms with van der Waals surface area (Å²) in [6.07, 6.45) is 1.90. The van der Waals surface area contributed by atoms with Crippen LogP contribution in [0.3, 0.4) is 0 Å². The van der Waals surface area contributed by atoms with Crippen molar-refractivity contribution in [2.24, 2.45) is 0 Å². The minimum absolute atomic E-state index is 0.322. The molecule has 0 aromatic heterocycles. The van der Waals surface area contributed by atoms with E-state index in [2.05, 4.69) is 5.32 Å². The summed E-state index contributed by atoms with van der Waals surface area (Å²) in [4.78, 5) is 0.899. The van der Waals surface area contributed by atoms with Crippen LogP contribution in [0.5, 0.6) is 11.5 Å². The van der Waals surface area contributed by atoms with E-state index in [0.717, 1.165) is 35.0 Å². The average molecular weight is 207 g/mol. The van der Waals surface area contributed by atoms with Crippen molar-refractivity contribution in [1.82, 2.24) is 0 Å². The van der Waals surface area contributed by atoms with E-state index in [1.165, 1.54) is 5.56 Å². The first kappa shape index (κ1) is 8.05. The summed E-state index contributed by atoms with van der Waals surface area (Å²) in [6.45, 7) is 0.322. The van der Waals surface area contributed by atoms with Gasteiger partial charge in [-0.2, -0.15) is 0 Å². The molecule has 2 aliphatic rings. The third-order valence-electron chi connectivity index (χ3n) is 2.49. The summed E-state index contributed by atoms with van der Waals surface area (Å²) < 4.78 is 10.6. The van der Waals surface area contributed by atoms with Gasteiger partial charge in [-0.1, -0.05) is 12.2 Å². The van der Waals surface area contributed by atoms with Crippen LogP contribution in [0.2, 0.25) is 0 Å². The fourth-order valence-corrected chi connectivity index (χ4v) is 1.98. The van der Waals surface area contributed by atoms with Crippen molar-refractivity contribution in [3.8, 4) is 11.5 Å². The van der Waals surface area contributed by atoms with Gasteiger partial charge in [0.15, 0.2) is 11.5 Å². The number of nitrogens with one attached hydrogen (secondary N) is 1. The second-order valence-corrected chi connectivity index (χ2v) is 3.90. The van der Waals surface area contributed by atoms with Crippen LogP contribution in [0.4, 0.5) is 5.69 Å². The molecule has 2 heterocycles. The predicted molar refractivity (Wildman–Crippen MR) is 57.1 cm³/mol. The molecular formula is C10H9NO2S. The summed E-state index contributed by atoms with van der Waals surface area (Å²) in [6, 6.07) is 4.00. The van der Waals surface area contributed by atoms with Gasteiger partial charge in [-0.25, -0.2) is 0 Å². The van der Waals surface area contributed by atoms with E-state index in [4.69, 9.17) is 21.7 Å². The summed E-state index contributed by atoms with van der Waals surface area (Å²) >= 11 is 5.13. The summed E-state index contributed by atoms with van der Waals surface area (Å²) in [5.41, 5.74) is 2.31. The Morgan fingerprint density at radius 1 is 1.14 bits per heavy atom. The number of hydrogen-bond donors (Lipinski definition) is 1. The first-order valence-corrected chi connectivity index (χ1v) is 4.96. The molecule has 0 saturated carbocycles. The lowest BCUT2D eigenvalue weighted by molar-refractivity contribution is 0.174. The molecule has 0 fully saturated rings. The van der Waals surface area contributed by atoms with Gasteiger partial charge in [-0.3, -0.25) is 0 Å². The molecule has 0 bridgehead atoms. The maximum atomic E-state index is 5.31. The van der Waals surface area contributed by atoms with Crippen LogP contribution in [0.25, 0.3) is 0 Å². The molecule has 0 radical (unpaired) electrons. The van der Waals surface area contributed by atoms with Gasteiger partial charge in [0.2, 0.25) is 6.79 Å². The van der Waals surface area contributed by atoms with Crippen molar-refractivity contribution >= 4 is 22.9 Å². The molecule has 1 aromatic rings. The zero-order chi connectivity index (χ0) is 9.54. The molecule has 0 spiro atoms. The Labute approximate surface area is 87.0 Å². The first-order valence-electron chi connectivity index (χ1n) is 4.55. The zero-order valence-electron chi connectivity index (χ0n) is 7.50. The highest BCUT2D eigenvalue weighted by Gasteiger charge is 2.20. The Balaban J connectivity index is 2.10. The predicted octanol–water partition coefficient (Wildman–Crippen LogP) is 2.10. The van der Waals surface area contributed by atoms with Gasteiger partial charge in [0.1, 0.15) is 0 Å². The van der Waals surface area contributed by atoms with E-state index in [1.807, 2.05) is 12.1 Å². The van der Waals surface area contributed by atoms with Crippen LogP contribution in [0.1, 0.15) is 12.0 Å². The van der Waals surface area contributed by atoms with E-state index in [0.29, 0.717) is 6.79 Å². The van der Waals surface area contributed by atoms with Gasteiger partial charge >= 0.3 is 0 Å². The Kier molecular flexibility index (Phi) is 1.64. The Hall–Kier alpha value is -1.29. The largest absolute Gasteiger partial charge is 0.454 e. The number of rotatable bonds is 0. The van der Waals surface area contributed by atoms with Gasteiger partial charge in [-0.15, -0.1) is 0 Å². The maximum absolute atomic E-state index is 5.31. The van der Waals surface area contributed by atoms with Crippen molar-refractivity contribution in [2.75, 3.05) is 12.1 Å². The van der Waals surface area contributed by atoms with Gasteiger partial charge in [0.05, 0.1) is 4.99 Å². The van der Waals surface area contributed by atoms with E-state index in [-0.39, 0.29) is 0 Å². The zero-order valence-corrected chi connectivity index (χ0v) is 8.32. The van der Waals surface area contributed by atoms with Crippen LogP contribution in [-0.2, 0) is 6.42 Å². The van der Waals surface area contributed by atoms with Crippen LogP contribution < -0.4 is 14.8 Å². The summed E-state index contributed by atoms with van der Waals surface area (Å²) in [5, 5.41) is 3.19. The second-order valence-electron chi connectivity index (χ2n) is 3.41. The summed E-state index contributed by atoms with van der Waals surface area (Å²) in [7, 11) is 0. The van der Waals surface area contributed by atoms with Crippen molar-refractivity contribution < 1.29 is 9.47 Å². The number of aryl methyl sites for hydroxylation is 1. The third kappa shape index (κ3) is 1.14. The molecule has 4 heteroatoms. The molecule has 0 saturated heterocycles. The Bertz CT molecular complexity index is 417. The van der Waals surface area contributed by atoms with Gasteiger partial charge in [0, 0.05) is 18.2 Å². The molecule has 0 amide bonds. The maximum Gasteiger partial charge on any atom is 0.231 e. The fourth-order valence-electron chi connectivity index (χ4n) is 1.77. The molecule has 1 aromatic carbocycles. The molecule has 14 heavy (non-hydrogen) atoms. The molecule has 3 nitrogen and oxygen atoms in total. The Morgan fingerprint density at radius 3 is 2.79 bits per heavy atom. The van der Waals surface area contributed by atoms with E-state index in [9.17, 15) is 0 Å². The number of anilines is 1. The number of fused-ring (bicyclic) bond motifs is 2. The topological polar surface area (TPSA) is 30.5 Å². The smallest absolute Gasteiger partial charge is 0.231 e. The monoisotopic (exact) mass is 207 g/mol. The number of hydrogen-bond acceptors (Lipinski definition) is 3. The number of benzene rings is 1. The van der Waals surface area contributed by atoms with Crippen LogP contribution in [0, 0.1) is 0 Å². The van der Waals surface area contributed by atoms with Gasteiger partial charge in [-0.05, 0) is 18.1 Å². The van der Waals surface area contributed by atoms with Crippen LogP contribution in [-0.4, -0.2) is 11.8 Å². The van der Waals surface area contributed by atoms with Crippen molar-refractivity contribution in [2.45, 2.75) is 12.8 Å². The number of thiocarbonyl (C=S) groups is 1. The third-order valence-corrected chi connectivity index (χ3v) is 2.80. The van der Waals surface area contributed by atoms with Crippen molar-refractivity contribution in [3.63, 3.8) is 0 Å². The quantitative estimate of drug-likeness (QED) is 0.660. The lowest BCUT2D eigenvalue weighted by Gasteiger charge is -2.18. The standard InChI is InChI=1S/C10H9NO2S/c14-10-2-1-6-3-8-9(13-5-12-8)4-7(6)11-10/h3-4H,1-2,5H2,(H,11,14). The highest BCUT2D eigenvalue weighted by molar-refractivity contribution is 7.80. The highest BCUT2D eigenvalue weighted by Crippen LogP contribution is 2.38. The molecular weight excluding hydrogens is 198 g/mol. The molecule has 0 aliphatic carbocycles. The van der Waals surface area contributed by atoms with Gasteiger partial charge in [0.25, 0.3) is 0 Å². The average Bonchev–Trinajstić information content (AvgIpc) is 2.61. The molecule has 2 aliphatic heterocycles. The SMILES string of the molecule is S=C1CCc2cc3c(cc2N1)OCO3. The normalized spacial score (nSPS) is 17.6.